The molecule has 1 aromatic heterocycles. The van der Waals surface area contributed by atoms with E-state index in [0.717, 1.165) is 11.4 Å². The van der Waals surface area contributed by atoms with Crippen molar-refractivity contribution in [3.63, 3.8) is 0 Å². The Bertz CT molecular complexity index is 956. The third-order valence-corrected chi connectivity index (χ3v) is 4.78. The molecule has 1 heterocycles. The first-order valence-electron chi connectivity index (χ1n) is 8.31. The Labute approximate surface area is 159 Å². The monoisotopic (exact) mass is 384 g/mol. The molecule has 138 valence electrons. The van der Waals surface area contributed by atoms with Gasteiger partial charge in [-0.2, -0.15) is 0 Å². The molecule has 0 atom stereocenters. The largest absolute Gasteiger partial charge is 0.348 e. The number of hydrogen-bond acceptors (Lipinski definition) is 5. The number of aromatic nitrogens is 2. The average molecular weight is 384 g/mol. The van der Waals surface area contributed by atoms with Gasteiger partial charge in [0.2, 0.25) is 5.01 Å². The first kappa shape index (κ1) is 18.7. The van der Waals surface area contributed by atoms with Crippen molar-refractivity contribution in [2.75, 3.05) is 5.32 Å². The number of halogens is 1. The summed E-state index contributed by atoms with van der Waals surface area (Å²) in [5.74, 6) is -0.965. The van der Waals surface area contributed by atoms with E-state index in [4.69, 9.17) is 0 Å². The Morgan fingerprint density at radius 2 is 1.85 bits per heavy atom. The summed E-state index contributed by atoms with van der Waals surface area (Å²) in [6.07, 6.45) is 0.727. The number of hydrogen-bond donors (Lipinski definition) is 2. The normalized spacial score (nSPS) is 10.4. The summed E-state index contributed by atoms with van der Waals surface area (Å²) in [7, 11) is 0. The van der Waals surface area contributed by atoms with Crippen LogP contribution in [-0.4, -0.2) is 22.0 Å². The SMILES string of the molecule is CCc1nnc(C(=O)Nc2ccc(C(=O)NCc3cccc(F)c3)cc2)s1. The molecule has 0 saturated carbocycles. The highest BCUT2D eigenvalue weighted by Crippen LogP contribution is 2.15. The van der Waals surface area contributed by atoms with E-state index < -0.39 is 0 Å². The van der Waals surface area contributed by atoms with Crippen LogP contribution in [0.2, 0.25) is 0 Å². The van der Waals surface area contributed by atoms with Crippen LogP contribution in [0, 0.1) is 5.82 Å². The van der Waals surface area contributed by atoms with Crippen LogP contribution in [0.25, 0.3) is 0 Å². The number of amides is 2. The number of aryl methyl sites for hydroxylation is 1. The highest BCUT2D eigenvalue weighted by atomic mass is 32.1. The van der Waals surface area contributed by atoms with E-state index in [1.165, 1.54) is 23.5 Å². The van der Waals surface area contributed by atoms with Crippen molar-refractivity contribution in [3.8, 4) is 0 Å². The molecular formula is C19H17FN4O2S. The Morgan fingerprint density at radius 1 is 1.07 bits per heavy atom. The Hall–Kier alpha value is -3.13. The Balaban J connectivity index is 1.57. The quantitative estimate of drug-likeness (QED) is 0.682. The minimum Gasteiger partial charge on any atom is -0.348 e. The van der Waals surface area contributed by atoms with E-state index in [9.17, 15) is 14.0 Å². The van der Waals surface area contributed by atoms with Crippen molar-refractivity contribution in [2.24, 2.45) is 0 Å². The van der Waals surface area contributed by atoms with Gasteiger partial charge < -0.3 is 10.6 Å². The molecular weight excluding hydrogens is 367 g/mol. The summed E-state index contributed by atoms with van der Waals surface area (Å²) in [5.41, 5.74) is 1.67. The van der Waals surface area contributed by atoms with Crippen molar-refractivity contribution < 1.29 is 14.0 Å². The number of nitrogens with zero attached hydrogens (tertiary/aromatic N) is 2. The lowest BCUT2D eigenvalue weighted by molar-refractivity contribution is 0.0950. The standard InChI is InChI=1S/C19H17FN4O2S/c1-2-16-23-24-19(27-16)18(26)22-15-8-6-13(7-9-15)17(25)21-11-12-4-3-5-14(20)10-12/h3-10H,2,11H2,1H3,(H,21,25)(H,22,26). The zero-order valence-electron chi connectivity index (χ0n) is 14.5. The van der Waals surface area contributed by atoms with Gasteiger partial charge in [0, 0.05) is 17.8 Å². The van der Waals surface area contributed by atoms with Gasteiger partial charge in [-0.25, -0.2) is 4.39 Å². The Morgan fingerprint density at radius 3 is 2.52 bits per heavy atom. The molecule has 0 spiro atoms. The van der Waals surface area contributed by atoms with Crippen molar-refractivity contribution in [3.05, 3.63) is 75.5 Å². The van der Waals surface area contributed by atoms with Crippen LogP contribution in [0.4, 0.5) is 10.1 Å². The summed E-state index contributed by atoms with van der Waals surface area (Å²) < 4.78 is 13.2. The summed E-state index contributed by atoms with van der Waals surface area (Å²) in [6, 6.07) is 12.5. The highest BCUT2D eigenvalue weighted by molar-refractivity contribution is 7.13. The van der Waals surface area contributed by atoms with Gasteiger partial charge in [-0.1, -0.05) is 30.4 Å². The van der Waals surface area contributed by atoms with Crippen molar-refractivity contribution >= 4 is 28.8 Å². The Kier molecular flexibility index (Phi) is 5.87. The fourth-order valence-corrected chi connectivity index (χ4v) is 2.98. The van der Waals surface area contributed by atoms with Crippen LogP contribution >= 0.6 is 11.3 Å². The number of nitrogens with one attached hydrogen (secondary N) is 2. The summed E-state index contributed by atoms with van der Waals surface area (Å²) in [6.45, 7) is 2.17. The molecule has 0 aliphatic heterocycles. The second kappa shape index (κ2) is 8.50. The molecule has 2 aromatic carbocycles. The predicted molar refractivity (Wildman–Crippen MR) is 101 cm³/mol. The number of rotatable bonds is 6. The molecule has 2 amide bonds. The van der Waals surface area contributed by atoms with Crippen LogP contribution in [-0.2, 0) is 13.0 Å². The molecule has 2 N–H and O–H groups in total. The van der Waals surface area contributed by atoms with Crippen LogP contribution in [0.1, 0.15) is 37.7 Å². The third kappa shape index (κ3) is 4.95. The molecule has 0 saturated heterocycles. The smallest absolute Gasteiger partial charge is 0.286 e. The van der Waals surface area contributed by atoms with Gasteiger partial charge in [-0.05, 0) is 48.4 Å². The average Bonchev–Trinajstić information content (AvgIpc) is 3.16. The lowest BCUT2D eigenvalue weighted by Crippen LogP contribution is -2.22. The number of carbonyl (C=O) groups excluding carboxylic acids is 2. The van der Waals surface area contributed by atoms with Gasteiger partial charge in [-0.3, -0.25) is 9.59 Å². The minimum atomic E-state index is -0.344. The van der Waals surface area contributed by atoms with E-state index in [-0.39, 0.29) is 24.2 Å². The molecule has 0 aliphatic carbocycles. The number of carbonyl (C=O) groups is 2. The topological polar surface area (TPSA) is 84.0 Å². The van der Waals surface area contributed by atoms with E-state index in [1.54, 1.807) is 36.4 Å². The molecule has 0 unspecified atom stereocenters. The summed E-state index contributed by atoms with van der Waals surface area (Å²) in [4.78, 5) is 24.3. The first-order valence-corrected chi connectivity index (χ1v) is 9.13. The van der Waals surface area contributed by atoms with Gasteiger partial charge in [0.05, 0.1) is 0 Å². The van der Waals surface area contributed by atoms with Crippen LogP contribution in [0.3, 0.4) is 0 Å². The van der Waals surface area contributed by atoms with Gasteiger partial charge in [0.25, 0.3) is 11.8 Å². The van der Waals surface area contributed by atoms with Crippen molar-refractivity contribution in [1.82, 2.24) is 15.5 Å². The van der Waals surface area contributed by atoms with Crippen molar-refractivity contribution in [1.29, 1.82) is 0 Å². The second-order valence-electron chi connectivity index (χ2n) is 5.70. The molecule has 27 heavy (non-hydrogen) atoms. The molecule has 0 aliphatic rings. The lowest BCUT2D eigenvalue weighted by atomic mass is 10.1. The molecule has 0 bridgehead atoms. The van der Waals surface area contributed by atoms with E-state index in [1.807, 2.05) is 6.92 Å². The maximum atomic E-state index is 13.2. The van der Waals surface area contributed by atoms with E-state index in [2.05, 4.69) is 20.8 Å². The van der Waals surface area contributed by atoms with Gasteiger partial charge in [0.15, 0.2) is 0 Å². The molecule has 3 aromatic rings. The fraction of sp³-hybridized carbons (Fsp3) is 0.158. The lowest BCUT2D eigenvalue weighted by Gasteiger charge is -2.07. The zero-order valence-corrected chi connectivity index (χ0v) is 15.3. The number of benzene rings is 2. The second-order valence-corrected chi connectivity index (χ2v) is 6.76. The van der Waals surface area contributed by atoms with E-state index in [0.29, 0.717) is 21.8 Å². The maximum absolute atomic E-state index is 13.2. The molecule has 0 radical (unpaired) electrons. The summed E-state index contributed by atoms with van der Waals surface area (Å²) in [5, 5.41) is 14.3. The highest BCUT2D eigenvalue weighted by Gasteiger charge is 2.13. The van der Waals surface area contributed by atoms with Crippen LogP contribution in [0.5, 0.6) is 0 Å². The fourth-order valence-electron chi connectivity index (χ4n) is 2.31. The molecule has 0 fully saturated rings. The maximum Gasteiger partial charge on any atom is 0.286 e. The third-order valence-electron chi connectivity index (χ3n) is 3.71. The van der Waals surface area contributed by atoms with Gasteiger partial charge >= 0.3 is 0 Å². The molecule has 8 heteroatoms. The first-order chi connectivity index (χ1) is 13.0. The molecule has 3 rings (SSSR count). The predicted octanol–water partition coefficient (Wildman–Crippen LogP) is 3.42. The number of anilines is 1. The van der Waals surface area contributed by atoms with Gasteiger partial charge in [0.1, 0.15) is 10.8 Å². The zero-order chi connectivity index (χ0) is 19.2. The van der Waals surface area contributed by atoms with Crippen LogP contribution < -0.4 is 10.6 Å². The van der Waals surface area contributed by atoms with Crippen molar-refractivity contribution in [2.45, 2.75) is 19.9 Å². The summed E-state index contributed by atoms with van der Waals surface area (Å²) >= 11 is 1.25. The van der Waals surface area contributed by atoms with E-state index >= 15 is 0 Å². The molecule has 6 nitrogen and oxygen atoms in total. The minimum absolute atomic E-state index is 0.228. The van der Waals surface area contributed by atoms with Crippen LogP contribution in [0.15, 0.2) is 48.5 Å². The van der Waals surface area contributed by atoms with Gasteiger partial charge in [-0.15, -0.1) is 10.2 Å².